The van der Waals surface area contributed by atoms with Crippen molar-refractivity contribution in [3.63, 3.8) is 0 Å². The summed E-state index contributed by atoms with van der Waals surface area (Å²) in [7, 11) is 0. The Labute approximate surface area is 139 Å². The van der Waals surface area contributed by atoms with Crippen molar-refractivity contribution in [2.24, 2.45) is 5.16 Å². The topological polar surface area (TPSA) is 32.6 Å². The molecule has 0 bridgehead atoms. The quantitative estimate of drug-likeness (QED) is 0.319. The number of halogens is 9. The number of fused-ring (bicyclic) bond motifs is 1. The van der Waals surface area contributed by atoms with Crippen molar-refractivity contribution < 1.29 is 44.7 Å². The maximum Gasteiger partial charge on any atom is 0.460 e. The molecule has 0 unspecified atom stereocenters. The monoisotopic (exact) mass is 389 g/mol. The zero-order valence-electron chi connectivity index (χ0n) is 12.3. The molecule has 26 heavy (non-hydrogen) atoms. The lowest BCUT2D eigenvalue weighted by Gasteiger charge is -2.33. The maximum absolute atomic E-state index is 14.0. The average molecular weight is 389 g/mol. The van der Waals surface area contributed by atoms with Gasteiger partial charge in [0.15, 0.2) is 5.71 Å². The van der Waals surface area contributed by atoms with Crippen LogP contribution < -0.4 is 0 Å². The van der Waals surface area contributed by atoms with E-state index in [-0.39, 0.29) is 5.39 Å². The van der Waals surface area contributed by atoms with Gasteiger partial charge in [0.25, 0.3) is 0 Å². The number of hydrogen-bond acceptors (Lipinski definition) is 2. The Morgan fingerprint density at radius 3 is 1.77 bits per heavy atom. The number of nitrogens with zero attached hydrogens (tertiary/aromatic N) is 1. The summed E-state index contributed by atoms with van der Waals surface area (Å²) in [4.78, 5) is 0. The fourth-order valence-electron chi connectivity index (χ4n) is 2.16. The number of alkyl halides is 9. The molecule has 11 heteroatoms. The van der Waals surface area contributed by atoms with Crippen LogP contribution in [-0.2, 0) is 0 Å². The van der Waals surface area contributed by atoms with E-state index in [0.29, 0.717) is 5.39 Å². The van der Waals surface area contributed by atoms with Crippen LogP contribution in [0.4, 0.5) is 39.5 Å². The molecule has 0 aromatic heterocycles. The number of hydrogen-bond donors (Lipinski definition) is 1. The molecule has 142 valence electrons. The summed E-state index contributed by atoms with van der Waals surface area (Å²) in [6.07, 6.45) is -6.95. The first kappa shape index (κ1) is 19.9. The van der Waals surface area contributed by atoms with Crippen molar-refractivity contribution in [3.8, 4) is 0 Å². The molecule has 2 aromatic rings. The minimum absolute atomic E-state index is 0.174. The standard InChI is InChI=1S/C15H8F9NO/c16-12(17,13(18,19)14(20,21)15(22,23)24)11(25-26)10-6-5-8-3-1-2-4-9(8)7-10/h1-7,26H. The summed E-state index contributed by atoms with van der Waals surface area (Å²) >= 11 is 0. The highest BCUT2D eigenvalue weighted by Crippen LogP contribution is 2.54. The Morgan fingerprint density at radius 1 is 0.731 bits per heavy atom. The molecule has 0 heterocycles. The molecule has 2 rings (SSSR count). The van der Waals surface area contributed by atoms with Gasteiger partial charge in [-0.25, -0.2) is 0 Å². The van der Waals surface area contributed by atoms with Crippen LogP contribution in [0.15, 0.2) is 47.6 Å². The van der Waals surface area contributed by atoms with E-state index in [4.69, 9.17) is 5.21 Å². The molecule has 0 aliphatic rings. The van der Waals surface area contributed by atoms with Gasteiger partial charge in [-0.1, -0.05) is 41.6 Å². The van der Waals surface area contributed by atoms with Crippen molar-refractivity contribution in [2.45, 2.75) is 23.9 Å². The minimum Gasteiger partial charge on any atom is -0.410 e. The van der Waals surface area contributed by atoms with Gasteiger partial charge in [0.2, 0.25) is 0 Å². The third-order valence-electron chi connectivity index (χ3n) is 3.57. The average Bonchev–Trinajstić information content (AvgIpc) is 2.53. The van der Waals surface area contributed by atoms with Crippen molar-refractivity contribution in [1.82, 2.24) is 0 Å². The molecule has 2 aromatic carbocycles. The van der Waals surface area contributed by atoms with E-state index in [1.807, 2.05) is 5.16 Å². The molecule has 0 aliphatic carbocycles. The molecule has 0 fully saturated rings. The first-order chi connectivity index (χ1) is 11.8. The van der Waals surface area contributed by atoms with Crippen LogP contribution in [0.2, 0.25) is 0 Å². The fraction of sp³-hybridized carbons (Fsp3) is 0.267. The van der Waals surface area contributed by atoms with Crippen LogP contribution in [0.5, 0.6) is 0 Å². The van der Waals surface area contributed by atoms with Crippen LogP contribution >= 0.6 is 0 Å². The molecule has 0 radical (unpaired) electrons. The fourth-order valence-corrected chi connectivity index (χ4v) is 2.16. The van der Waals surface area contributed by atoms with E-state index < -0.39 is 35.2 Å². The van der Waals surface area contributed by atoms with Gasteiger partial charge in [-0.05, 0) is 16.8 Å². The third kappa shape index (κ3) is 2.84. The van der Waals surface area contributed by atoms with E-state index in [0.717, 1.165) is 18.2 Å². The summed E-state index contributed by atoms with van der Waals surface area (Å²) < 4.78 is 117. The molecule has 0 amide bonds. The second-order valence-corrected chi connectivity index (χ2v) is 5.23. The molecular weight excluding hydrogens is 381 g/mol. The number of benzene rings is 2. The van der Waals surface area contributed by atoms with E-state index in [9.17, 15) is 39.5 Å². The van der Waals surface area contributed by atoms with Crippen molar-refractivity contribution in [3.05, 3.63) is 48.0 Å². The van der Waals surface area contributed by atoms with Crippen LogP contribution in [-0.4, -0.2) is 34.9 Å². The van der Waals surface area contributed by atoms with Gasteiger partial charge in [-0.2, -0.15) is 39.5 Å². The molecule has 0 atom stereocenters. The lowest BCUT2D eigenvalue weighted by molar-refractivity contribution is -0.384. The first-order valence-electron chi connectivity index (χ1n) is 6.69. The zero-order chi connectivity index (χ0) is 20.0. The maximum atomic E-state index is 14.0. The van der Waals surface area contributed by atoms with Gasteiger partial charge >= 0.3 is 23.9 Å². The van der Waals surface area contributed by atoms with Crippen molar-refractivity contribution in [1.29, 1.82) is 0 Å². The third-order valence-corrected chi connectivity index (χ3v) is 3.57. The van der Waals surface area contributed by atoms with E-state index in [2.05, 4.69) is 0 Å². The Morgan fingerprint density at radius 2 is 1.27 bits per heavy atom. The minimum atomic E-state index is -7.07. The SMILES string of the molecule is ON=C(c1ccc2ccccc2c1)C(F)(F)C(F)(F)C(F)(F)C(F)(F)F. The molecule has 0 saturated carbocycles. The van der Waals surface area contributed by atoms with Gasteiger partial charge in [0, 0.05) is 5.56 Å². The van der Waals surface area contributed by atoms with Gasteiger partial charge in [-0.15, -0.1) is 0 Å². The smallest absolute Gasteiger partial charge is 0.410 e. The summed E-state index contributed by atoms with van der Waals surface area (Å²) in [6, 6.07) is 8.47. The highest BCUT2D eigenvalue weighted by atomic mass is 19.4. The van der Waals surface area contributed by atoms with E-state index in [1.54, 1.807) is 6.07 Å². The molecule has 0 spiro atoms. The van der Waals surface area contributed by atoms with Gasteiger partial charge < -0.3 is 5.21 Å². The lowest BCUT2D eigenvalue weighted by Crippen LogP contribution is -2.63. The largest absolute Gasteiger partial charge is 0.460 e. The van der Waals surface area contributed by atoms with Crippen LogP contribution in [0, 0.1) is 0 Å². The van der Waals surface area contributed by atoms with E-state index in [1.165, 1.54) is 18.2 Å². The predicted molar refractivity (Wildman–Crippen MR) is 73.2 cm³/mol. The van der Waals surface area contributed by atoms with Gasteiger partial charge in [-0.3, -0.25) is 0 Å². The van der Waals surface area contributed by atoms with Crippen LogP contribution in [0.1, 0.15) is 5.56 Å². The molecule has 0 aliphatic heterocycles. The second-order valence-electron chi connectivity index (χ2n) is 5.23. The number of rotatable bonds is 4. The van der Waals surface area contributed by atoms with Crippen molar-refractivity contribution >= 4 is 16.5 Å². The summed E-state index contributed by atoms with van der Waals surface area (Å²) in [5, 5.41) is 11.2. The van der Waals surface area contributed by atoms with Crippen LogP contribution in [0.25, 0.3) is 10.8 Å². The summed E-state index contributed by atoms with van der Waals surface area (Å²) in [5.74, 6) is -20.1. The molecular formula is C15H8F9NO. The Kier molecular flexibility index (Phi) is 4.63. The Bertz CT molecular complexity index is 842. The van der Waals surface area contributed by atoms with Gasteiger partial charge in [0.1, 0.15) is 0 Å². The highest BCUT2D eigenvalue weighted by molar-refractivity contribution is 6.08. The van der Waals surface area contributed by atoms with E-state index >= 15 is 0 Å². The van der Waals surface area contributed by atoms with Crippen molar-refractivity contribution in [2.75, 3.05) is 0 Å². The molecule has 1 N–H and O–H groups in total. The molecule has 0 saturated heterocycles. The Balaban J connectivity index is 2.60. The molecule has 2 nitrogen and oxygen atoms in total. The van der Waals surface area contributed by atoms with Gasteiger partial charge in [0.05, 0.1) is 0 Å². The van der Waals surface area contributed by atoms with Crippen LogP contribution in [0.3, 0.4) is 0 Å². The lowest BCUT2D eigenvalue weighted by atomic mass is 9.93. The summed E-state index contributed by atoms with van der Waals surface area (Å²) in [5.41, 5.74) is -3.27. The number of oxime groups is 1. The predicted octanol–water partition coefficient (Wildman–Crippen LogP) is 5.49. The first-order valence-corrected chi connectivity index (χ1v) is 6.69. The second kappa shape index (κ2) is 6.06. The zero-order valence-corrected chi connectivity index (χ0v) is 12.3. The Hall–Kier alpha value is -2.46. The highest BCUT2D eigenvalue weighted by Gasteiger charge is 2.83. The summed E-state index contributed by atoms with van der Waals surface area (Å²) in [6.45, 7) is 0. The normalized spacial score (nSPS) is 14.7.